The number of benzene rings is 1. The van der Waals surface area contributed by atoms with Gasteiger partial charge in [0.2, 0.25) is 0 Å². The second kappa shape index (κ2) is 5.29. The molecule has 0 spiro atoms. The van der Waals surface area contributed by atoms with Crippen LogP contribution < -0.4 is 5.32 Å². The minimum atomic E-state index is 0.399. The lowest BCUT2D eigenvalue weighted by molar-refractivity contribution is 0.178. The highest BCUT2D eigenvalue weighted by Gasteiger charge is 2.27. The first-order valence-electron chi connectivity index (χ1n) is 6.22. The van der Waals surface area contributed by atoms with E-state index in [1.165, 1.54) is 20.1 Å². The molecule has 0 bridgehead atoms. The van der Waals surface area contributed by atoms with Crippen LogP contribution in [0.4, 0.5) is 0 Å². The van der Waals surface area contributed by atoms with Gasteiger partial charge in [-0.1, -0.05) is 12.1 Å². The molecule has 4 heteroatoms. The SMILES string of the molecule is CNC(c1csc2c(Br)cccc12)C1CCOC1. The molecule has 3 rings (SSSR count). The van der Waals surface area contributed by atoms with Crippen molar-refractivity contribution < 1.29 is 4.74 Å². The number of nitrogens with one attached hydrogen (secondary N) is 1. The summed E-state index contributed by atoms with van der Waals surface area (Å²) in [6.45, 7) is 1.77. The van der Waals surface area contributed by atoms with E-state index in [1.54, 1.807) is 0 Å². The molecule has 2 atom stereocenters. The molecule has 2 heterocycles. The van der Waals surface area contributed by atoms with E-state index in [0.717, 1.165) is 19.6 Å². The van der Waals surface area contributed by atoms with Crippen LogP contribution in [0.15, 0.2) is 28.1 Å². The molecule has 1 fully saturated rings. The molecule has 1 N–H and O–H groups in total. The fourth-order valence-corrected chi connectivity index (χ4v) is 4.40. The summed E-state index contributed by atoms with van der Waals surface area (Å²) in [6, 6.07) is 6.83. The predicted molar refractivity (Wildman–Crippen MR) is 80.3 cm³/mol. The molecule has 0 saturated carbocycles. The van der Waals surface area contributed by atoms with Crippen LogP contribution in [0.25, 0.3) is 10.1 Å². The van der Waals surface area contributed by atoms with Gasteiger partial charge in [-0.25, -0.2) is 0 Å². The van der Waals surface area contributed by atoms with E-state index in [-0.39, 0.29) is 0 Å². The minimum Gasteiger partial charge on any atom is -0.381 e. The van der Waals surface area contributed by atoms with Gasteiger partial charge in [-0.05, 0) is 51.8 Å². The molecular weight excluding hydrogens is 310 g/mol. The maximum Gasteiger partial charge on any atom is 0.0513 e. The summed E-state index contributed by atoms with van der Waals surface area (Å²) < 4.78 is 8.06. The van der Waals surface area contributed by atoms with Gasteiger partial charge in [0.1, 0.15) is 0 Å². The summed E-state index contributed by atoms with van der Waals surface area (Å²) in [5.41, 5.74) is 1.41. The number of rotatable bonds is 3. The Balaban J connectivity index is 2.04. The molecule has 2 nitrogen and oxygen atoms in total. The van der Waals surface area contributed by atoms with E-state index in [9.17, 15) is 0 Å². The zero-order valence-corrected chi connectivity index (χ0v) is 12.7. The lowest BCUT2D eigenvalue weighted by Gasteiger charge is -2.21. The first-order chi connectivity index (χ1) is 8.81. The van der Waals surface area contributed by atoms with Crippen molar-refractivity contribution >= 4 is 37.4 Å². The van der Waals surface area contributed by atoms with E-state index in [1.807, 2.05) is 18.4 Å². The third kappa shape index (κ3) is 2.11. The second-order valence-electron chi connectivity index (χ2n) is 4.70. The van der Waals surface area contributed by atoms with Crippen LogP contribution in [0.1, 0.15) is 18.0 Å². The molecule has 18 heavy (non-hydrogen) atoms. The summed E-state index contributed by atoms with van der Waals surface area (Å²) in [5.74, 6) is 0.590. The Hall–Kier alpha value is -0.420. The van der Waals surface area contributed by atoms with Crippen molar-refractivity contribution in [3.63, 3.8) is 0 Å². The predicted octanol–water partition coefficient (Wildman–Crippen LogP) is 3.96. The molecule has 96 valence electrons. The summed E-state index contributed by atoms with van der Waals surface area (Å²) >= 11 is 5.45. The Morgan fingerprint density at radius 3 is 3.11 bits per heavy atom. The van der Waals surface area contributed by atoms with Gasteiger partial charge in [0.15, 0.2) is 0 Å². The standard InChI is InChI=1S/C14H16BrNOS/c1-16-13(9-5-6-17-7-9)11-8-18-14-10(11)3-2-4-12(14)15/h2-4,8-9,13,16H,5-7H2,1H3. The average molecular weight is 326 g/mol. The fraction of sp³-hybridized carbons (Fsp3) is 0.429. The van der Waals surface area contributed by atoms with Gasteiger partial charge < -0.3 is 10.1 Å². The van der Waals surface area contributed by atoms with Crippen LogP contribution in [0.2, 0.25) is 0 Å². The first kappa shape index (κ1) is 12.6. The van der Waals surface area contributed by atoms with Crippen molar-refractivity contribution in [2.75, 3.05) is 20.3 Å². The first-order valence-corrected chi connectivity index (χ1v) is 7.89. The molecule has 0 aliphatic carbocycles. The van der Waals surface area contributed by atoms with Gasteiger partial charge in [0, 0.05) is 27.7 Å². The maximum atomic E-state index is 5.53. The Morgan fingerprint density at radius 1 is 1.50 bits per heavy atom. The second-order valence-corrected chi connectivity index (χ2v) is 6.43. The molecule has 1 saturated heterocycles. The molecular formula is C14H16BrNOS. The molecule has 2 unspecified atom stereocenters. The maximum absolute atomic E-state index is 5.53. The van der Waals surface area contributed by atoms with Gasteiger partial charge >= 0.3 is 0 Å². The van der Waals surface area contributed by atoms with Crippen LogP contribution >= 0.6 is 27.3 Å². The Morgan fingerprint density at radius 2 is 2.39 bits per heavy atom. The van der Waals surface area contributed by atoms with Crippen molar-refractivity contribution in [2.45, 2.75) is 12.5 Å². The van der Waals surface area contributed by atoms with Gasteiger partial charge in [0.25, 0.3) is 0 Å². The van der Waals surface area contributed by atoms with E-state index in [4.69, 9.17) is 4.74 Å². The van der Waals surface area contributed by atoms with E-state index < -0.39 is 0 Å². The normalized spacial score (nSPS) is 21.6. The largest absolute Gasteiger partial charge is 0.381 e. The number of fused-ring (bicyclic) bond motifs is 1. The lowest BCUT2D eigenvalue weighted by atomic mass is 9.92. The highest BCUT2D eigenvalue weighted by molar-refractivity contribution is 9.10. The van der Waals surface area contributed by atoms with Crippen LogP contribution in [0.5, 0.6) is 0 Å². The zero-order chi connectivity index (χ0) is 12.5. The van der Waals surface area contributed by atoms with E-state index >= 15 is 0 Å². The number of hydrogen-bond acceptors (Lipinski definition) is 3. The summed E-state index contributed by atoms with van der Waals surface area (Å²) in [7, 11) is 2.05. The number of halogens is 1. The molecule has 1 aromatic heterocycles. The Bertz CT molecular complexity index is 548. The highest BCUT2D eigenvalue weighted by Crippen LogP contribution is 2.38. The van der Waals surface area contributed by atoms with E-state index in [0.29, 0.717) is 12.0 Å². The van der Waals surface area contributed by atoms with E-state index in [2.05, 4.69) is 44.8 Å². The summed E-state index contributed by atoms with van der Waals surface area (Å²) in [4.78, 5) is 0. The van der Waals surface area contributed by atoms with Gasteiger partial charge in [0.05, 0.1) is 6.61 Å². The van der Waals surface area contributed by atoms with Crippen LogP contribution in [-0.4, -0.2) is 20.3 Å². The van der Waals surface area contributed by atoms with Crippen molar-refractivity contribution in [2.24, 2.45) is 5.92 Å². The molecule has 1 aromatic carbocycles. The number of thiophene rings is 1. The molecule has 0 amide bonds. The number of hydrogen-bond donors (Lipinski definition) is 1. The molecule has 2 aromatic rings. The van der Waals surface area contributed by atoms with Crippen molar-refractivity contribution in [3.05, 3.63) is 33.6 Å². The monoisotopic (exact) mass is 325 g/mol. The Kier molecular flexibility index (Phi) is 3.71. The summed E-state index contributed by atoms with van der Waals surface area (Å²) in [6.07, 6.45) is 1.15. The van der Waals surface area contributed by atoms with Gasteiger partial charge in [-0.15, -0.1) is 11.3 Å². The fourth-order valence-electron chi connectivity index (χ4n) is 2.74. The van der Waals surface area contributed by atoms with Gasteiger partial charge in [-0.2, -0.15) is 0 Å². The number of ether oxygens (including phenoxy) is 1. The minimum absolute atomic E-state index is 0.399. The van der Waals surface area contributed by atoms with Gasteiger partial charge in [-0.3, -0.25) is 0 Å². The molecule has 1 aliphatic rings. The van der Waals surface area contributed by atoms with Crippen molar-refractivity contribution in [1.82, 2.24) is 5.32 Å². The van der Waals surface area contributed by atoms with Crippen molar-refractivity contribution in [1.29, 1.82) is 0 Å². The Labute approximate surface area is 119 Å². The van der Waals surface area contributed by atoms with Crippen molar-refractivity contribution in [3.8, 4) is 0 Å². The third-order valence-electron chi connectivity index (χ3n) is 3.66. The zero-order valence-electron chi connectivity index (χ0n) is 10.3. The molecule has 1 aliphatic heterocycles. The smallest absolute Gasteiger partial charge is 0.0513 e. The quantitative estimate of drug-likeness (QED) is 0.922. The highest BCUT2D eigenvalue weighted by atomic mass is 79.9. The molecule has 0 radical (unpaired) electrons. The lowest BCUT2D eigenvalue weighted by Crippen LogP contribution is -2.25. The van der Waals surface area contributed by atoms with Crippen LogP contribution in [-0.2, 0) is 4.74 Å². The third-order valence-corrected chi connectivity index (χ3v) is 5.63. The summed E-state index contributed by atoms with van der Waals surface area (Å²) in [5, 5.41) is 7.12. The van der Waals surface area contributed by atoms with Crippen LogP contribution in [0.3, 0.4) is 0 Å². The van der Waals surface area contributed by atoms with Crippen LogP contribution in [0, 0.1) is 5.92 Å². The topological polar surface area (TPSA) is 21.3 Å². The average Bonchev–Trinajstić information content (AvgIpc) is 3.01.